The predicted molar refractivity (Wildman–Crippen MR) is 52.1 cm³/mol. The molecule has 2 fully saturated rings. The Morgan fingerprint density at radius 3 is 2.33 bits per heavy atom. The van der Waals surface area contributed by atoms with E-state index in [2.05, 4.69) is 19.2 Å². The van der Waals surface area contributed by atoms with E-state index in [4.69, 9.17) is 0 Å². The average molecular weight is 167 g/mol. The van der Waals surface area contributed by atoms with Crippen LogP contribution in [0.3, 0.4) is 0 Å². The minimum absolute atomic E-state index is 0.691. The third-order valence-electron chi connectivity index (χ3n) is 4.19. The maximum absolute atomic E-state index is 3.68. The highest BCUT2D eigenvalue weighted by molar-refractivity contribution is 5.00. The highest BCUT2D eigenvalue weighted by Gasteiger charge is 2.46. The monoisotopic (exact) mass is 167 g/mol. The Bertz CT molecular complexity index is 152. The van der Waals surface area contributed by atoms with Crippen LogP contribution in [-0.2, 0) is 0 Å². The lowest BCUT2D eigenvalue weighted by Crippen LogP contribution is -2.49. The van der Waals surface area contributed by atoms with Gasteiger partial charge >= 0.3 is 0 Å². The third-order valence-corrected chi connectivity index (χ3v) is 4.19. The molecule has 0 aromatic carbocycles. The second-order valence-electron chi connectivity index (χ2n) is 4.89. The summed E-state index contributed by atoms with van der Waals surface area (Å²) in [5.74, 6) is 0.877. The maximum Gasteiger partial charge on any atom is 0.0126 e. The second-order valence-corrected chi connectivity index (χ2v) is 4.89. The fraction of sp³-hybridized carbons (Fsp3) is 1.00. The van der Waals surface area contributed by atoms with E-state index in [0.717, 1.165) is 12.0 Å². The molecule has 2 rings (SSSR count). The van der Waals surface area contributed by atoms with Crippen LogP contribution in [0.5, 0.6) is 0 Å². The van der Waals surface area contributed by atoms with E-state index in [1.54, 1.807) is 0 Å². The van der Waals surface area contributed by atoms with Crippen LogP contribution in [0.15, 0.2) is 0 Å². The molecule has 1 N–H and O–H groups in total. The molecular weight excluding hydrogens is 146 g/mol. The molecule has 1 heterocycles. The van der Waals surface area contributed by atoms with Crippen LogP contribution in [0.1, 0.15) is 46.0 Å². The van der Waals surface area contributed by atoms with Crippen LogP contribution < -0.4 is 5.32 Å². The molecule has 0 aromatic heterocycles. The molecular formula is C11H21N. The van der Waals surface area contributed by atoms with Crippen molar-refractivity contribution < 1.29 is 0 Å². The molecule has 0 amide bonds. The van der Waals surface area contributed by atoms with Crippen molar-refractivity contribution in [1.29, 1.82) is 0 Å². The lowest BCUT2D eigenvalue weighted by Gasteiger charge is -2.50. The molecule has 1 saturated heterocycles. The lowest BCUT2D eigenvalue weighted by molar-refractivity contribution is 0.0278. The van der Waals surface area contributed by atoms with Gasteiger partial charge in [-0.05, 0) is 43.6 Å². The van der Waals surface area contributed by atoms with Gasteiger partial charge in [0.15, 0.2) is 0 Å². The Labute approximate surface area is 75.9 Å². The number of hydrogen-bond acceptors (Lipinski definition) is 1. The number of hydrogen-bond donors (Lipinski definition) is 1. The fourth-order valence-electron chi connectivity index (χ4n) is 3.09. The van der Waals surface area contributed by atoms with Gasteiger partial charge in [-0.2, -0.15) is 0 Å². The Kier molecular flexibility index (Phi) is 2.16. The first kappa shape index (κ1) is 8.55. The Balaban J connectivity index is 2.05. The van der Waals surface area contributed by atoms with Crippen LogP contribution in [0.25, 0.3) is 0 Å². The van der Waals surface area contributed by atoms with Gasteiger partial charge in [0.25, 0.3) is 0 Å². The van der Waals surface area contributed by atoms with Gasteiger partial charge in [0.1, 0.15) is 0 Å². The molecule has 12 heavy (non-hydrogen) atoms. The van der Waals surface area contributed by atoms with Crippen molar-refractivity contribution in [2.75, 3.05) is 6.54 Å². The van der Waals surface area contributed by atoms with Gasteiger partial charge < -0.3 is 5.32 Å². The Morgan fingerprint density at radius 2 is 2.00 bits per heavy atom. The molecule has 0 bridgehead atoms. The fourth-order valence-corrected chi connectivity index (χ4v) is 3.09. The smallest absolute Gasteiger partial charge is 0.0126 e. The van der Waals surface area contributed by atoms with Crippen molar-refractivity contribution >= 4 is 0 Å². The summed E-state index contributed by atoms with van der Waals surface area (Å²) in [7, 11) is 0. The normalized spacial score (nSPS) is 33.8. The Morgan fingerprint density at radius 1 is 1.25 bits per heavy atom. The SMILES string of the molecule is CC(C)C1(C2CCCN2)CCC1. The van der Waals surface area contributed by atoms with Crippen LogP contribution in [0, 0.1) is 11.3 Å². The Hall–Kier alpha value is -0.0400. The van der Waals surface area contributed by atoms with Crippen LogP contribution in [-0.4, -0.2) is 12.6 Å². The van der Waals surface area contributed by atoms with Crippen molar-refractivity contribution in [2.45, 2.75) is 52.0 Å². The molecule has 0 spiro atoms. The first-order valence-electron chi connectivity index (χ1n) is 5.49. The molecule has 1 unspecified atom stereocenters. The van der Waals surface area contributed by atoms with Crippen molar-refractivity contribution in [3.63, 3.8) is 0 Å². The van der Waals surface area contributed by atoms with Gasteiger partial charge in [-0.1, -0.05) is 20.3 Å². The van der Waals surface area contributed by atoms with Crippen molar-refractivity contribution in [1.82, 2.24) is 5.32 Å². The summed E-state index contributed by atoms with van der Waals surface area (Å²) in [4.78, 5) is 0. The summed E-state index contributed by atoms with van der Waals surface area (Å²) in [5, 5.41) is 3.68. The molecule has 1 aliphatic heterocycles. The molecule has 1 atom stereocenters. The topological polar surface area (TPSA) is 12.0 Å². The lowest BCUT2D eigenvalue weighted by atomic mass is 9.58. The predicted octanol–water partition coefficient (Wildman–Crippen LogP) is 2.56. The second kappa shape index (κ2) is 3.02. The summed E-state index contributed by atoms with van der Waals surface area (Å²) in [6.07, 6.45) is 7.25. The quantitative estimate of drug-likeness (QED) is 0.666. The first-order valence-corrected chi connectivity index (χ1v) is 5.49. The van der Waals surface area contributed by atoms with Gasteiger partial charge in [-0.25, -0.2) is 0 Å². The summed E-state index contributed by atoms with van der Waals surface area (Å²) < 4.78 is 0. The molecule has 1 heteroatoms. The number of rotatable bonds is 2. The van der Waals surface area contributed by atoms with Gasteiger partial charge in [0, 0.05) is 6.04 Å². The summed E-state index contributed by atoms with van der Waals surface area (Å²) in [5.41, 5.74) is 0.691. The van der Waals surface area contributed by atoms with Crippen molar-refractivity contribution in [3.8, 4) is 0 Å². The van der Waals surface area contributed by atoms with Gasteiger partial charge in [0.2, 0.25) is 0 Å². The van der Waals surface area contributed by atoms with Crippen LogP contribution in [0.2, 0.25) is 0 Å². The zero-order chi connectivity index (χ0) is 8.60. The summed E-state index contributed by atoms with van der Waals surface area (Å²) in [6.45, 7) is 6.07. The zero-order valence-electron chi connectivity index (χ0n) is 8.40. The minimum Gasteiger partial charge on any atom is -0.313 e. The van der Waals surface area contributed by atoms with Gasteiger partial charge in [0.05, 0.1) is 0 Å². The standard InChI is InChI=1S/C11H21N/c1-9(2)11(6-4-7-11)10-5-3-8-12-10/h9-10,12H,3-8H2,1-2H3. The zero-order valence-corrected chi connectivity index (χ0v) is 8.40. The highest BCUT2D eigenvalue weighted by Crippen LogP contribution is 2.51. The molecule has 0 radical (unpaired) electrons. The van der Waals surface area contributed by atoms with Crippen LogP contribution >= 0.6 is 0 Å². The minimum atomic E-state index is 0.691. The molecule has 70 valence electrons. The molecule has 1 nitrogen and oxygen atoms in total. The highest BCUT2D eigenvalue weighted by atomic mass is 15.0. The molecule has 0 aromatic rings. The van der Waals surface area contributed by atoms with E-state index >= 15 is 0 Å². The average Bonchev–Trinajstić information content (AvgIpc) is 2.35. The van der Waals surface area contributed by atoms with Gasteiger partial charge in [-0.15, -0.1) is 0 Å². The third kappa shape index (κ3) is 1.10. The van der Waals surface area contributed by atoms with Gasteiger partial charge in [-0.3, -0.25) is 0 Å². The summed E-state index contributed by atoms with van der Waals surface area (Å²) >= 11 is 0. The molecule has 1 aliphatic carbocycles. The largest absolute Gasteiger partial charge is 0.313 e. The van der Waals surface area contributed by atoms with Crippen molar-refractivity contribution in [3.05, 3.63) is 0 Å². The van der Waals surface area contributed by atoms with E-state index < -0.39 is 0 Å². The van der Waals surface area contributed by atoms with Crippen molar-refractivity contribution in [2.24, 2.45) is 11.3 Å². The van der Waals surface area contributed by atoms with E-state index in [-0.39, 0.29) is 0 Å². The van der Waals surface area contributed by atoms with E-state index in [0.29, 0.717) is 5.41 Å². The molecule has 2 aliphatic rings. The van der Waals surface area contributed by atoms with Crippen LogP contribution in [0.4, 0.5) is 0 Å². The summed E-state index contributed by atoms with van der Waals surface area (Å²) in [6, 6.07) is 0.853. The van der Waals surface area contributed by atoms with E-state index in [1.165, 1.54) is 38.6 Å². The first-order chi connectivity index (χ1) is 5.76. The van der Waals surface area contributed by atoms with E-state index in [9.17, 15) is 0 Å². The molecule has 1 saturated carbocycles. The maximum atomic E-state index is 3.68. The number of nitrogens with one attached hydrogen (secondary N) is 1. The van der Waals surface area contributed by atoms with E-state index in [1.807, 2.05) is 0 Å².